The summed E-state index contributed by atoms with van der Waals surface area (Å²) >= 11 is 0. The molecule has 1 aliphatic heterocycles. The molecular weight excluding hydrogens is 372 g/mol. The number of piperazine rings is 1. The first-order valence-corrected chi connectivity index (χ1v) is 10.6. The fraction of sp³-hybridized carbons (Fsp3) is 0.667. The number of hydrogen-bond acceptors (Lipinski definition) is 4. The van der Waals surface area contributed by atoms with Crippen LogP contribution in [0.5, 0.6) is 0 Å². The van der Waals surface area contributed by atoms with Crippen LogP contribution in [0.3, 0.4) is 0 Å². The molecule has 0 aromatic carbocycles. The maximum Gasteiger partial charge on any atom is 0.317 e. The molecule has 3 atom stereocenters. The fourth-order valence-corrected chi connectivity index (χ4v) is 3.43. The number of rotatable bonds is 8. The average molecular weight is 407 g/mol. The molecule has 29 heavy (non-hydrogen) atoms. The number of urea groups is 1. The minimum Gasteiger partial charge on any atom is -0.459 e. The Kier molecular flexibility index (Phi) is 8.54. The van der Waals surface area contributed by atoms with Gasteiger partial charge in [-0.3, -0.25) is 9.59 Å². The second-order valence-corrected chi connectivity index (χ2v) is 7.73. The van der Waals surface area contributed by atoms with Gasteiger partial charge in [-0.25, -0.2) is 4.79 Å². The summed E-state index contributed by atoms with van der Waals surface area (Å²) in [6.07, 6.45) is 4.16. The molecule has 1 aromatic heterocycles. The van der Waals surface area contributed by atoms with E-state index in [0.29, 0.717) is 26.2 Å². The van der Waals surface area contributed by atoms with Crippen LogP contribution in [-0.2, 0) is 4.79 Å². The smallest absolute Gasteiger partial charge is 0.317 e. The van der Waals surface area contributed by atoms with Crippen molar-refractivity contribution in [1.82, 2.24) is 20.4 Å². The van der Waals surface area contributed by atoms with Crippen molar-refractivity contribution in [2.45, 2.75) is 59.0 Å². The summed E-state index contributed by atoms with van der Waals surface area (Å²) in [5.41, 5.74) is 0. The standard InChI is InChI=1S/C21H34N4O4/c1-5-7-10-22-21(28)25-12-11-24(14-16(25)4)20(27)18(15(3)6-2)23-19(26)17-9-8-13-29-17/h8-9,13,15-16,18H,5-7,10-12,14H2,1-4H3,(H,22,28)(H,23,26). The van der Waals surface area contributed by atoms with Crippen LogP contribution in [0.1, 0.15) is 57.5 Å². The van der Waals surface area contributed by atoms with Crippen molar-refractivity contribution in [3.8, 4) is 0 Å². The molecular formula is C21H34N4O4. The highest BCUT2D eigenvalue weighted by atomic mass is 16.3. The highest BCUT2D eigenvalue weighted by Gasteiger charge is 2.35. The summed E-state index contributed by atoms with van der Waals surface area (Å²) in [6.45, 7) is 10.0. The van der Waals surface area contributed by atoms with Crippen molar-refractivity contribution in [3.63, 3.8) is 0 Å². The predicted octanol–water partition coefficient (Wildman–Crippen LogP) is 2.47. The fourth-order valence-electron chi connectivity index (χ4n) is 3.43. The number of hydrogen-bond donors (Lipinski definition) is 2. The third-order valence-electron chi connectivity index (χ3n) is 5.52. The summed E-state index contributed by atoms with van der Waals surface area (Å²) in [6, 6.07) is 2.41. The molecule has 2 heterocycles. The van der Waals surface area contributed by atoms with Crippen LogP contribution >= 0.6 is 0 Å². The summed E-state index contributed by atoms with van der Waals surface area (Å²) in [4.78, 5) is 41.5. The van der Waals surface area contributed by atoms with Crippen LogP contribution in [0.25, 0.3) is 0 Å². The minimum absolute atomic E-state index is 0.0212. The lowest BCUT2D eigenvalue weighted by atomic mass is 9.97. The third-order valence-corrected chi connectivity index (χ3v) is 5.52. The molecule has 1 aromatic rings. The quantitative estimate of drug-likeness (QED) is 0.649. The SMILES string of the molecule is CCCCNC(=O)N1CCN(C(=O)C(NC(=O)c2ccco2)C(C)CC)CC1C. The molecule has 162 valence electrons. The Hall–Kier alpha value is -2.51. The number of furan rings is 1. The number of carbonyl (C=O) groups excluding carboxylic acids is 3. The van der Waals surface area contributed by atoms with Crippen molar-refractivity contribution < 1.29 is 18.8 Å². The largest absolute Gasteiger partial charge is 0.459 e. The first-order valence-electron chi connectivity index (χ1n) is 10.6. The Morgan fingerprint density at radius 1 is 1.28 bits per heavy atom. The number of amides is 4. The van der Waals surface area contributed by atoms with E-state index in [4.69, 9.17) is 4.42 Å². The van der Waals surface area contributed by atoms with E-state index in [0.717, 1.165) is 19.3 Å². The van der Waals surface area contributed by atoms with Gasteiger partial charge in [-0.05, 0) is 31.4 Å². The molecule has 4 amide bonds. The van der Waals surface area contributed by atoms with Gasteiger partial charge in [0.25, 0.3) is 5.91 Å². The second-order valence-electron chi connectivity index (χ2n) is 7.73. The number of carbonyl (C=O) groups is 3. The number of unbranched alkanes of at least 4 members (excludes halogenated alkanes) is 1. The van der Waals surface area contributed by atoms with Gasteiger partial charge in [0.1, 0.15) is 6.04 Å². The molecule has 1 saturated heterocycles. The lowest BCUT2D eigenvalue weighted by molar-refractivity contribution is -0.136. The van der Waals surface area contributed by atoms with Crippen LogP contribution in [0.2, 0.25) is 0 Å². The Morgan fingerprint density at radius 2 is 2.03 bits per heavy atom. The van der Waals surface area contributed by atoms with E-state index in [1.54, 1.807) is 21.9 Å². The lowest BCUT2D eigenvalue weighted by Gasteiger charge is -2.41. The maximum absolute atomic E-state index is 13.2. The zero-order valence-electron chi connectivity index (χ0n) is 17.9. The van der Waals surface area contributed by atoms with Gasteiger partial charge in [-0.2, -0.15) is 0 Å². The molecule has 8 nitrogen and oxygen atoms in total. The molecule has 0 saturated carbocycles. The molecule has 0 bridgehead atoms. The monoisotopic (exact) mass is 406 g/mol. The number of nitrogens with zero attached hydrogens (tertiary/aromatic N) is 2. The normalized spacial score (nSPS) is 18.8. The van der Waals surface area contributed by atoms with Crippen molar-refractivity contribution >= 4 is 17.8 Å². The lowest BCUT2D eigenvalue weighted by Crippen LogP contribution is -2.61. The zero-order valence-corrected chi connectivity index (χ0v) is 17.9. The molecule has 2 rings (SSSR count). The molecule has 3 unspecified atom stereocenters. The Balaban J connectivity index is 1.99. The van der Waals surface area contributed by atoms with E-state index >= 15 is 0 Å². The van der Waals surface area contributed by atoms with Crippen molar-refractivity contribution in [1.29, 1.82) is 0 Å². The molecule has 0 aliphatic carbocycles. The van der Waals surface area contributed by atoms with E-state index in [2.05, 4.69) is 17.6 Å². The molecule has 0 radical (unpaired) electrons. The molecule has 2 N–H and O–H groups in total. The van der Waals surface area contributed by atoms with Gasteiger partial charge in [-0.1, -0.05) is 33.6 Å². The van der Waals surface area contributed by atoms with Gasteiger partial charge >= 0.3 is 6.03 Å². The van der Waals surface area contributed by atoms with Gasteiger partial charge in [0.2, 0.25) is 5.91 Å². The summed E-state index contributed by atoms with van der Waals surface area (Å²) < 4.78 is 5.14. The molecule has 1 aliphatic rings. The van der Waals surface area contributed by atoms with Crippen LogP contribution in [0.15, 0.2) is 22.8 Å². The highest BCUT2D eigenvalue weighted by Crippen LogP contribution is 2.16. The third kappa shape index (κ3) is 5.98. The van der Waals surface area contributed by atoms with Gasteiger partial charge in [0, 0.05) is 32.2 Å². The summed E-state index contributed by atoms with van der Waals surface area (Å²) in [5, 5.41) is 5.77. The van der Waals surface area contributed by atoms with Crippen molar-refractivity contribution in [3.05, 3.63) is 24.2 Å². The minimum atomic E-state index is -0.630. The first kappa shape index (κ1) is 22.8. The molecule has 8 heteroatoms. The van der Waals surface area contributed by atoms with Crippen LogP contribution in [-0.4, -0.2) is 65.9 Å². The van der Waals surface area contributed by atoms with Crippen LogP contribution in [0, 0.1) is 5.92 Å². The molecule has 1 fully saturated rings. The van der Waals surface area contributed by atoms with E-state index in [9.17, 15) is 14.4 Å². The van der Waals surface area contributed by atoms with Crippen LogP contribution in [0.4, 0.5) is 4.79 Å². The zero-order chi connectivity index (χ0) is 21.4. The van der Waals surface area contributed by atoms with E-state index in [-0.39, 0.29) is 29.7 Å². The Labute approximate surface area is 173 Å². The first-order chi connectivity index (χ1) is 13.9. The topological polar surface area (TPSA) is 94.9 Å². The second kappa shape index (κ2) is 10.9. The van der Waals surface area contributed by atoms with Crippen molar-refractivity contribution in [2.75, 3.05) is 26.2 Å². The summed E-state index contributed by atoms with van der Waals surface area (Å²) in [5.74, 6) is -0.340. The van der Waals surface area contributed by atoms with E-state index < -0.39 is 11.9 Å². The van der Waals surface area contributed by atoms with Gasteiger partial charge in [0.05, 0.1) is 6.26 Å². The van der Waals surface area contributed by atoms with E-state index in [1.807, 2.05) is 20.8 Å². The predicted molar refractivity (Wildman–Crippen MR) is 110 cm³/mol. The summed E-state index contributed by atoms with van der Waals surface area (Å²) in [7, 11) is 0. The van der Waals surface area contributed by atoms with Gasteiger partial charge in [-0.15, -0.1) is 0 Å². The Bertz CT molecular complexity index is 676. The molecule has 0 spiro atoms. The maximum atomic E-state index is 13.2. The Morgan fingerprint density at radius 3 is 2.62 bits per heavy atom. The average Bonchev–Trinajstić information content (AvgIpc) is 3.25. The van der Waals surface area contributed by atoms with Crippen molar-refractivity contribution in [2.24, 2.45) is 5.92 Å². The number of nitrogens with one attached hydrogen (secondary N) is 2. The van der Waals surface area contributed by atoms with Gasteiger partial charge < -0.3 is 24.9 Å². The van der Waals surface area contributed by atoms with Gasteiger partial charge in [0.15, 0.2) is 5.76 Å². The van der Waals surface area contributed by atoms with Crippen LogP contribution < -0.4 is 10.6 Å². The highest BCUT2D eigenvalue weighted by molar-refractivity contribution is 5.95. The van der Waals surface area contributed by atoms with E-state index in [1.165, 1.54) is 6.26 Å².